The average molecular weight is 214 g/mol. The summed E-state index contributed by atoms with van der Waals surface area (Å²) in [4.78, 5) is 12.0. The van der Waals surface area contributed by atoms with E-state index in [-0.39, 0.29) is 11.6 Å². The Morgan fingerprint density at radius 3 is 2.31 bits per heavy atom. The molecule has 0 bridgehead atoms. The Balaban J connectivity index is 2.35. The van der Waals surface area contributed by atoms with Crippen molar-refractivity contribution in [1.82, 2.24) is 0 Å². The Labute approximate surface area is 93.5 Å². The zero-order valence-electron chi connectivity index (χ0n) is 8.91. The van der Waals surface area contributed by atoms with Crippen LogP contribution in [-0.4, -0.2) is 5.78 Å². The summed E-state index contributed by atoms with van der Waals surface area (Å²) in [5.41, 5.74) is 2.17. The Hall–Kier alpha value is -1.96. The fraction of sp³-hybridized carbons (Fsp3) is 0.0714. The molecule has 0 aliphatic rings. The van der Waals surface area contributed by atoms with Crippen molar-refractivity contribution in [3.8, 4) is 0 Å². The third-order valence-corrected chi connectivity index (χ3v) is 2.39. The van der Waals surface area contributed by atoms with Crippen molar-refractivity contribution in [2.24, 2.45) is 0 Å². The highest BCUT2D eigenvalue weighted by molar-refractivity contribution is 6.09. The summed E-state index contributed by atoms with van der Waals surface area (Å²) in [6.07, 6.45) is 0. The van der Waals surface area contributed by atoms with Crippen molar-refractivity contribution in [3.63, 3.8) is 0 Å². The summed E-state index contributed by atoms with van der Waals surface area (Å²) in [5.74, 6) is -0.413. The van der Waals surface area contributed by atoms with Gasteiger partial charge in [-0.15, -0.1) is 0 Å². The molecule has 0 amide bonds. The highest BCUT2D eigenvalue weighted by Gasteiger charge is 2.08. The van der Waals surface area contributed by atoms with E-state index in [2.05, 4.69) is 0 Å². The Morgan fingerprint density at radius 1 is 1.00 bits per heavy atom. The number of carbonyl (C=O) groups is 1. The lowest BCUT2D eigenvalue weighted by molar-refractivity contribution is 0.103. The quantitative estimate of drug-likeness (QED) is 0.700. The number of halogens is 1. The number of carbonyl (C=O) groups excluding carboxylic acids is 1. The minimum atomic E-state index is -0.333. The van der Waals surface area contributed by atoms with Crippen molar-refractivity contribution in [2.75, 3.05) is 0 Å². The minimum Gasteiger partial charge on any atom is -0.289 e. The van der Waals surface area contributed by atoms with Crippen LogP contribution in [0.4, 0.5) is 4.39 Å². The van der Waals surface area contributed by atoms with Crippen molar-refractivity contribution in [1.29, 1.82) is 0 Å². The Kier molecular flexibility index (Phi) is 2.82. The molecule has 0 aromatic heterocycles. The van der Waals surface area contributed by atoms with Crippen LogP contribution in [0, 0.1) is 12.7 Å². The van der Waals surface area contributed by atoms with Gasteiger partial charge in [-0.3, -0.25) is 4.79 Å². The normalized spacial score (nSPS) is 10.1. The van der Waals surface area contributed by atoms with Crippen LogP contribution in [0.5, 0.6) is 0 Å². The van der Waals surface area contributed by atoms with Gasteiger partial charge in [-0.1, -0.05) is 23.8 Å². The average Bonchev–Trinajstić information content (AvgIpc) is 2.29. The van der Waals surface area contributed by atoms with Crippen LogP contribution >= 0.6 is 0 Å². The first-order chi connectivity index (χ1) is 7.66. The van der Waals surface area contributed by atoms with Crippen molar-refractivity contribution >= 4 is 5.78 Å². The molecule has 0 aliphatic carbocycles. The zero-order valence-corrected chi connectivity index (χ0v) is 8.91. The summed E-state index contributed by atoms with van der Waals surface area (Å²) < 4.78 is 12.7. The number of aryl methyl sites for hydroxylation is 1. The minimum absolute atomic E-state index is 0.0799. The summed E-state index contributed by atoms with van der Waals surface area (Å²) in [5, 5.41) is 0. The van der Waals surface area contributed by atoms with Crippen LogP contribution < -0.4 is 0 Å². The van der Waals surface area contributed by atoms with Gasteiger partial charge in [-0.25, -0.2) is 4.39 Å². The van der Waals surface area contributed by atoms with E-state index in [9.17, 15) is 9.18 Å². The fourth-order valence-corrected chi connectivity index (χ4v) is 1.55. The largest absolute Gasteiger partial charge is 0.289 e. The molecule has 0 aliphatic heterocycles. The van der Waals surface area contributed by atoms with Gasteiger partial charge in [-0.05, 0) is 37.3 Å². The SMILES string of the molecule is Cc1cccc(C(=O)c2ccc(F)cc2)c1. The maximum Gasteiger partial charge on any atom is 0.193 e. The smallest absolute Gasteiger partial charge is 0.193 e. The highest BCUT2D eigenvalue weighted by atomic mass is 19.1. The van der Waals surface area contributed by atoms with Crippen LogP contribution in [-0.2, 0) is 0 Å². The standard InChI is InChI=1S/C14H11FO/c1-10-3-2-4-12(9-10)14(16)11-5-7-13(15)8-6-11/h2-9H,1H3. The number of benzene rings is 2. The maximum absolute atomic E-state index is 12.7. The van der Waals surface area contributed by atoms with Crippen LogP contribution in [0.25, 0.3) is 0 Å². The lowest BCUT2D eigenvalue weighted by Crippen LogP contribution is -2.01. The van der Waals surface area contributed by atoms with E-state index in [0.29, 0.717) is 11.1 Å². The predicted octanol–water partition coefficient (Wildman–Crippen LogP) is 3.37. The summed E-state index contributed by atoms with van der Waals surface area (Å²) in [7, 11) is 0. The molecule has 0 unspecified atom stereocenters. The van der Waals surface area contributed by atoms with Gasteiger partial charge in [0.25, 0.3) is 0 Å². The fourth-order valence-electron chi connectivity index (χ4n) is 1.55. The molecule has 80 valence electrons. The Bertz CT molecular complexity index is 515. The molecule has 2 aromatic rings. The molecule has 0 radical (unpaired) electrons. The number of rotatable bonds is 2. The van der Waals surface area contributed by atoms with E-state index < -0.39 is 0 Å². The molecule has 2 rings (SSSR count). The maximum atomic E-state index is 12.7. The van der Waals surface area contributed by atoms with E-state index >= 15 is 0 Å². The molecule has 0 N–H and O–H groups in total. The van der Waals surface area contributed by atoms with Gasteiger partial charge in [0.1, 0.15) is 5.82 Å². The summed E-state index contributed by atoms with van der Waals surface area (Å²) in [6.45, 7) is 1.93. The highest BCUT2D eigenvalue weighted by Crippen LogP contribution is 2.12. The lowest BCUT2D eigenvalue weighted by atomic mass is 10.0. The van der Waals surface area contributed by atoms with E-state index in [1.54, 1.807) is 6.07 Å². The molecule has 16 heavy (non-hydrogen) atoms. The van der Waals surface area contributed by atoms with Gasteiger partial charge in [0.2, 0.25) is 0 Å². The summed E-state index contributed by atoms with van der Waals surface area (Å²) >= 11 is 0. The second-order valence-corrected chi connectivity index (χ2v) is 3.71. The monoisotopic (exact) mass is 214 g/mol. The number of ketones is 1. The van der Waals surface area contributed by atoms with Crippen LogP contribution in [0.2, 0.25) is 0 Å². The molecule has 0 heterocycles. The molecular weight excluding hydrogens is 203 g/mol. The van der Waals surface area contributed by atoms with Crippen molar-refractivity contribution in [2.45, 2.75) is 6.92 Å². The van der Waals surface area contributed by atoms with Crippen molar-refractivity contribution < 1.29 is 9.18 Å². The number of hydrogen-bond donors (Lipinski definition) is 0. The number of hydrogen-bond acceptors (Lipinski definition) is 1. The first-order valence-corrected chi connectivity index (χ1v) is 5.04. The van der Waals surface area contributed by atoms with Gasteiger partial charge in [0, 0.05) is 11.1 Å². The second kappa shape index (κ2) is 4.27. The van der Waals surface area contributed by atoms with Gasteiger partial charge < -0.3 is 0 Å². The van der Waals surface area contributed by atoms with Crippen molar-refractivity contribution in [3.05, 3.63) is 71.0 Å². The van der Waals surface area contributed by atoms with E-state index in [1.165, 1.54) is 24.3 Å². The van der Waals surface area contributed by atoms with Crippen LogP contribution in [0.15, 0.2) is 48.5 Å². The molecule has 1 nitrogen and oxygen atoms in total. The molecule has 0 saturated heterocycles. The summed E-state index contributed by atoms with van der Waals surface area (Å²) in [6, 6.07) is 12.9. The van der Waals surface area contributed by atoms with Gasteiger partial charge >= 0.3 is 0 Å². The molecule has 0 fully saturated rings. The van der Waals surface area contributed by atoms with Crippen LogP contribution in [0.1, 0.15) is 21.5 Å². The molecule has 0 spiro atoms. The van der Waals surface area contributed by atoms with E-state index in [0.717, 1.165) is 5.56 Å². The predicted molar refractivity (Wildman–Crippen MR) is 61.0 cm³/mol. The van der Waals surface area contributed by atoms with Crippen LogP contribution in [0.3, 0.4) is 0 Å². The first kappa shape index (κ1) is 10.6. The molecular formula is C14H11FO. The third kappa shape index (κ3) is 2.16. The molecule has 0 atom stereocenters. The van der Waals surface area contributed by atoms with E-state index in [4.69, 9.17) is 0 Å². The Morgan fingerprint density at radius 2 is 1.69 bits per heavy atom. The van der Waals surface area contributed by atoms with E-state index in [1.807, 2.05) is 25.1 Å². The zero-order chi connectivity index (χ0) is 11.5. The molecule has 0 saturated carbocycles. The third-order valence-electron chi connectivity index (χ3n) is 2.39. The second-order valence-electron chi connectivity index (χ2n) is 3.71. The molecule has 2 aromatic carbocycles. The van der Waals surface area contributed by atoms with Gasteiger partial charge in [-0.2, -0.15) is 0 Å². The topological polar surface area (TPSA) is 17.1 Å². The van der Waals surface area contributed by atoms with Gasteiger partial charge in [0.05, 0.1) is 0 Å². The molecule has 2 heteroatoms. The first-order valence-electron chi connectivity index (χ1n) is 5.04. The lowest BCUT2D eigenvalue weighted by Gasteiger charge is -2.02. The van der Waals surface area contributed by atoms with Gasteiger partial charge in [0.15, 0.2) is 5.78 Å².